The summed E-state index contributed by atoms with van der Waals surface area (Å²) in [6, 6.07) is 9.29. The van der Waals surface area contributed by atoms with Gasteiger partial charge in [0.05, 0.1) is 7.11 Å². The molecule has 0 aliphatic rings. The molecule has 0 saturated heterocycles. The molecule has 0 bridgehead atoms. The molecule has 4 nitrogen and oxygen atoms in total. The highest BCUT2D eigenvalue weighted by molar-refractivity contribution is 5.94. The van der Waals surface area contributed by atoms with Crippen LogP contribution < -0.4 is 10.1 Å². The second kappa shape index (κ2) is 6.32. The van der Waals surface area contributed by atoms with E-state index in [1.165, 1.54) is 19.2 Å². The SMILES string of the molecule is COc1cccc(C(O)C(=O)Nc2ccc(F)c(F)c2)c1. The van der Waals surface area contributed by atoms with Gasteiger partial charge in [-0.05, 0) is 29.8 Å². The maximum absolute atomic E-state index is 13.0. The molecule has 6 heteroatoms. The van der Waals surface area contributed by atoms with Crippen molar-refractivity contribution in [2.45, 2.75) is 6.10 Å². The van der Waals surface area contributed by atoms with Gasteiger partial charge in [-0.25, -0.2) is 8.78 Å². The molecule has 0 fully saturated rings. The summed E-state index contributed by atoms with van der Waals surface area (Å²) < 4.78 is 30.8. The summed E-state index contributed by atoms with van der Waals surface area (Å²) >= 11 is 0. The zero-order valence-corrected chi connectivity index (χ0v) is 11.1. The Morgan fingerprint density at radius 2 is 1.95 bits per heavy atom. The van der Waals surface area contributed by atoms with Crippen LogP contribution in [0.15, 0.2) is 42.5 Å². The Bertz CT molecular complexity index is 661. The first-order valence-corrected chi connectivity index (χ1v) is 6.09. The third kappa shape index (κ3) is 3.55. The lowest BCUT2D eigenvalue weighted by Gasteiger charge is -2.12. The molecule has 1 atom stereocenters. The highest BCUT2D eigenvalue weighted by Crippen LogP contribution is 2.21. The van der Waals surface area contributed by atoms with E-state index in [4.69, 9.17) is 4.74 Å². The molecule has 2 rings (SSSR count). The van der Waals surface area contributed by atoms with Crippen LogP contribution in [-0.2, 0) is 4.79 Å². The van der Waals surface area contributed by atoms with Crippen LogP contribution in [0.3, 0.4) is 0 Å². The molecule has 0 heterocycles. The van der Waals surface area contributed by atoms with E-state index < -0.39 is 23.6 Å². The van der Waals surface area contributed by atoms with E-state index in [-0.39, 0.29) is 5.69 Å². The van der Waals surface area contributed by atoms with Crippen LogP contribution in [0.25, 0.3) is 0 Å². The van der Waals surface area contributed by atoms with E-state index in [2.05, 4.69) is 5.32 Å². The average Bonchev–Trinajstić information content (AvgIpc) is 2.50. The monoisotopic (exact) mass is 293 g/mol. The Balaban J connectivity index is 2.13. The minimum absolute atomic E-state index is 0.0563. The van der Waals surface area contributed by atoms with Gasteiger partial charge in [-0.1, -0.05) is 12.1 Å². The fraction of sp³-hybridized carbons (Fsp3) is 0.133. The first-order chi connectivity index (χ1) is 10.0. The molecule has 2 N–H and O–H groups in total. The molecule has 2 aromatic rings. The molecule has 0 aliphatic carbocycles. The molecule has 0 spiro atoms. The van der Waals surface area contributed by atoms with E-state index in [9.17, 15) is 18.7 Å². The number of hydrogen-bond acceptors (Lipinski definition) is 3. The summed E-state index contributed by atoms with van der Waals surface area (Å²) in [4.78, 5) is 11.9. The van der Waals surface area contributed by atoms with Crippen molar-refractivity contribution >= 4 is 11.6 Å². The van der Waals surface area contributed by atoms with Gasteiger partial charge >= 0.3 is 0 Å². The number of aliphatic hydroxyl groups is 1. The highest BCUT2D eigenvalue weighted by Gasteiger charge is 2.18. The number of anilines is 1. The van der Waals surface area contributed by atoms with Crippen molar-refractivity contribution in [2.24, 2.45) is 0 Å². The maximum Gasteiger partial charge on any atom is 0.257 e. The van der Waals surface area contributed by atoms with Crippen LogP contribution >= 0.6 is 0 Å². The van der Waals surface area contributed by atoms with Gasteiger partial charge < -0.3 is 15.2 Å². The maximum atomic E-state index is 13.0. The number of carbonyl (C=O) groups is 1. The van der Waals surface area contributed by atoms with Crippen LogP contribution in [0.4, 0.5) is 14.5 Å². The fourth-order valence-corrected chi connectivity index (χ4v) is 1.75. The van der Waals surface area contributed by atoms with Crippen LogP contribution in [0.2, 0.25) is 0 Å². The molecule has 21 heavy (non-hydrogen) atoms. The van der Waals surface area contributed by atoms with E-state index in [0.717, 1.165) is 12.1 Å². The molecule has 110 valence electrons. The third-order valence-electron chi connectivity index (χ3n) is 2.85. The van der Waals surface area contributed by atoms with Crippen molar-refractivity contribution in [1.82, 2.24) is 0 Å². The fourth-order valence-electron chi connectivity index (χ4n) is 1.75. The minimum Gasteiger partial charge on any atom is -0.497 e. The van der Waals surface area contributed by atoms with Crippen LogP contribution in [0.5, 0.6) is 5.75 Å². The lowest BCUT2D eigenvalue weighted by molar-refractivity contribution is -0.124. The number of amides is 1. The zero-order chi connectivity index (χ0) is 15.4. The molecular formula is C15H13F2NO3. The summed E-state index contributed by atoms with van der Waals surface area (Å²) in [6.45, 7) is 0. The van der Waals surface area contributed by atoms with E-state index >= 15 is 0 Å². The summed E-state index contributed by atoms with van der Waals surface area (Å²) in [6.07, 6.45) is -1.45. The van der Waals surface area contributed by atoms with Gasteiger partial charge in [0, 0.05) is 11.8 Å². The number of hydrogen-bond donors (Lipinski definition) is 2. The van der Waals surface area contributed by atoms with Crippen molar-refractivity contribution in [1.29, 1.82) is 0 Å². The predicted molar refractivity (Wildman–Crippen MR) is 72.9 cm³/mol. The molecule has 1 amide bonds. The van der Waals surface area contributed by atoms with Gasteiger partial charge in [0.2, 0.25) is 0 Å². The molecular weight excluding hydrogens is 280 g/mol. The van der Waals surface area contributed by atoms with Gasteiger partial charge in [-0.3, -0.25) is 4.79 Å². The van der Waals surface area contributed by atoms with E-state index in [1.807, 2.05) is 0 Å². The molecule has 1 unspecified atom stereocenters. The Hall–Kier alpha value is -2.47. The standard InChI is InChI=1S/C15H13F2NO3/c1-21-11-4-2-3-9(7-11)14(19)15(20)18-10-5-6-12(16)13(17)8-10/h2-8,14,19H,1H3,(H,18,20). The van der Waals surface area contributed by atoms with Crippen molar-refractivity contribution in [3.63, 3.8) is 0 Å². The van der Waals surface area contributed by atoms with Crippen molar-refractivity contribution < 1.29 is 23.4 Å². The third-order valence-corrected chi connectivity index (χ3v) is 2.85. The Labute approximate surface area is 120 Å². The van der Waals surface area contributed by atoms with Gasteiger partial charge in [-0.15, -0.1) is 0 Å². The largest absolute Gasteiger partial charge is 0.497 e. The van der Waals surface area contributed by atoms with E-state index in [1.54, 1.807) is 18.2 Å². The summed E-state index contributed by atoms with van der Waals surface area (Å²) in [5, 5.41) is 12.3. The number of halogens is 2. The number of ether oxygens (including phenoxy) is 1. The second-order valence-corrected chi connectivity index (χ2v) is 4.30. The first kappa shape index (κ1) is 14.9. The summed E-state index contributed by atoms with van der Waals surface area (Å²) in [5.74, 6) is -2.36. The summed E-state index contributed by atoms with van der Waals surface area (Å²) in [5.41, 5.74) is 0.385. The first-order valence-electron chi connectivity index (χ1n) is 6.09. The topological polar surface area (TPSA) is 58.6 Å². The van der Waals surface area contributed by atoms with Gasteiger partial charge in [0.1, 0.15) is 5.75 Å². The van der Waals surface area contributed by atoms with Crippen molar-refractivity contribution in [3.05, 3.63) is 59.7 Å². The number of benzene rings is 2. The molecule has 0 aromatic heterocycles. The van der Waals surface area contributed by atoms with Crippen molar-refractivity contribution in [2.75, 3.05) is 12.4 Å². The predicted octanol–water partition coefficient (Wildman–Crippen LogP) is 2.65. The van der Waals surface area contributed by atoms with E-state index in [0.29, 0.717) is 11.3 Å². The number of carbonyl (C=O) groups excluding carboxylic acids is 1. The van der Waals surface area contributed by atoms with Gasteiger partial charge in [-0.2, -0.15) is 0 Å². The van der Waals surface area contributed by atoms with Crippen LogP contribution in [-0.4, -0.2) is 18.1 Å². The zero-order valence-electron chi connectivity index (χ0n) is 11.1. The molecule has 0 aliphatic heterocycles. The summed E-state index contributed by atoms with van der Waals surface area (Å²) in [7, 11) is 1.47. The highest BCUT2D eigenvalue weighted by atomic mass is 19.2. The smallest absolute Gasteiger partial charge is 0.257 e. The Morgan fingerprint density at radius 1 is 1.19 bits per heavy atom. The average molecular weight is 293 g/mol. The lowest BCUT2D eigenvalue weighted by Crippen LogP contribution is -2.20. The molecule has 2 aromatic carbocycles. The number of methoxy groups -OCH3 is 1. The van der Waals surface area contributed by atoms with Crippen molar-refractivity contribution in [3.8, 4) is 5.75 Å². The molecule has 0 radical (unpaired) electrons. The van der Waals surface area contributed by atoms with Gasteiger partial charge in [0.25, 0.3) is 5.91 Å². The van der Waals surface area contributed by atoms with Crippen LogP contribution in [0.1, 0.15) is 11.7 Å². The Kier molecular flexibility index (Phi) is 4.49. The van der Waals surface area contributed by atoms with Gasteiger partial charge in [0.15, 0.2) is 17.7 Å². The number of aliphatic hydroxyl groups excluding tert-OH is 1. The Morgan fingerprint density at radius 3 is 2.62 bits per heavy atom. The van der Waals surface area contributed by atoms with Crippen LogP contribution in [0, 0.1) is 11.6 Å². The lowest BCUT2D eigenvalue weighted by atomic mass is 10.1. The molecule has 0 saturated carbocycles. The normalized spacial score (nSPS) is 11.8. The quantitative estimate of drug-likeness (QED) is 0.911. The number of rotatable bonds is 4. The minimum atomic E-state index is -1.45. The number of nitrogens with one attached hydrogen (secondary N) is 1. The second-order valence-electron chi connectivity index (χ2n) is 4.30.